The highest BCUT2D eigenvalue weighted by Crippen LogP contribution is 2.57. The molecule has 1 aromatic heterocycles. The van der Waals surface area contributed by atoms with E-state index in [0.29, 0.717) is 0 Å². The van der Waals surface area contributed by atoms with Crippen LogP contribution in [0.3, 0.4) is 0 Å². The van der Waals surface area contributed by atoms with E-state index in [9.17, 15) is 0 Å². The van der Waals surface area contributed by atoms with Crippen LogP contribution in [0, 0.1) is 0 Å². The van der Waals surface area contributed by atoms with E-state index in [0.717, 1.165) is 22.7 Å². The molecule has 2 heteroatoms. The average molecular weight is 959 g/mol. The Labute approximate surface area is 439 Å². The molecule has 12 aromatic rings. The Morgan fingerprint density at radius 2 is 0.707 bits per heavy atom. The van der Waals surface area contributed by atoms with E-state index in [2.05, 4.69) is 292 Å². The third-order valence-corrected chi connectivity index (χ3v) is 17.5. The first-order valence-corrected chi connectivity index (χ1v) is 26.5. The topological polar surface area (TPSA) is 8.17 Å². The molecule has 0 N–H and O–H groups in total. The van der Waals surface area contributed by atoms with Gasteiger partial charge in [0.25, 0.3) is 0 Å². The minimum Gasteiger partial charge on any atom is -0.310 e. The van der Waals surface area contributed by atoms with Crippen molar-refractivity contribution in [3.8, 4) is 50.2 Å². The highest BCUT2D eigenvalue weighted by Gasteiger charge is 2.46. The molecular weight excluding hydrogens is 905 g/mol. The fourth-order valence-electron chi connectivity index (χ4n) is 13.9. The van der Waals surface area contributed by atoms with Crippen LogP contribution in [0.4, 0.5) is 17.1 Å². The monoisotopic (exact) mass is 958 g/mol. The van der Waals surface area contributed by atoms with E-state index in [1.54, 1.807) is 0 Å². The number of fused-ring (bicyclic) bond motifs is 12. The van der Waals surface area contributed by atoms with Gasteiger partial charge in [-0.15, -0.1) is 0 Å². The number of benzene rings is 11. The maximum atomic E-state index is 2.50. The molecule has 2 nitrogen and oxygen atoms in total. The number of para-hydroxylation sites is 1. The normalized spacial score (nSPS) is 14.7. The van der Waals surface area contributed by atoms with E-state index < -0.39 is 5.41 Å². The summed E-state index contributed by atoms with van der Waals surface area (Å²) in [5, 5.41) is 2.46. The maximum absolute atomic E-state index is 2.50. The molecule has 3 aliphatic rings. The van der Waals surface area contributed by atoms with Gasteiger partial charge >= 0.3 is 0 Å². The van der Waals surface area contributed by atoms with Crippen molar-refractivity contribution in [3.05, 3.63) is 299 Å². The molecule has 0 saturated carbocycles. The van der Waals surface area contributed by atoms with Crippen LogP contribution in [-0.2, 0) is 16.2 Å². The number of rotatable bonds is 7. The number of nitrogens with zero attached hydrogens (tertiary/aromatic N) is 2. The SMILES string of the molecule is CC1(C)c2ccccc2-c2ccc(N(c3ccc(-c4ccc5c(c4)c4cc(C6(c7ccccc7)c7ccccc7-c7ccccc76)ccc4n5-c4ccccc4)cc3)c3ccc4c(c3)C(C)(C)c3ccccc3-4)cc21. The van der Waals surface area contributed by atoms with Crippen molar-refractivity contribution in [2.24, 2.45) is 0 Å². The molecule has 0 saturated heterocycles. The van der Waals surface area contributed by atoms with Gasteiger partial charge in [-0.05, 0) is 162 Å². The molecule has 0 fully saturated rings. The predicted octanol–water partition coefficient (Wildman–Crippen LogP) is 18.9. The average Bonchev–Trinajstić information content (AvgIpc) is 4.13. The maximum Gasteiger partial charge on any atom is 0.0713 e. The van der Waals surface area contributed by atoms with E-state index >= 15 is 0 Å². The Hall–Kier alpha value is -8.98. The fourth-order valence-corrected chi connectivity index (χ4v) is 13.9. The molecule has 0 unspecified atom stereocenters. The summed E-state index contributed by atoms with van der Waals surface area (Å²) in [4.78, 5) is 2.47. The van der Waals surface area contributed by atoms with Crippen molar-refractivity contribution in [3.63, 3.8) is 0 Å². The van der Waals surface area contributed by atoms with Crippen molar-refractivity contribution >= 4 is 38.9 Å². The molecule has 0 bridgehead atoms. The Morgan fingerprint density at radius 3 is 1.25 bits per heavy atom. The van der Waals surface area contributed by atoms with Crippen molar-refractivity contribution in [1.82, 2.24) is 4.57 Å². The Balaban J connectivity index is 0.893. The minimum absolute atomic E-state index is 0.129. The van der Waals surface area contributed by atoms with Gasteiger partial charge in [-0.25, -0.2) is 0 Å². The lowest BCUT2D eigenvalue weighted by Gasteiger charge is -2.34. The van der Waals surface area contributed by atoms with E-state index in [1.165, 1.54) is 111 Å². The first-order chi connectivity index (χ1) is 36.7. The molecule has 0 amide bonds. The highest BCUT2D eigenvalue weighted by atomic mass is 15.1. The summed E-state index contributed by atoms with van der Waals surface area (Å²) in [6, 6.07) is 95.8. The smallest absolute Gasteiger partial charge is 0.0713 e. The summed E-state index contributed by atoms with van der Waals surface area (Å²) in [7, 11) is 0. The summed E-state index contributed by atoms with van der Waals surface area (Å²) < 4.78 is 2.44. The standard InChI is InChI=1S/C73H54N2/c1-71(2)63-27-15-11-23-55(63)59-39-37-53(45-67(59)71)74(54-38-40-60-56-24-12-16-28-64(56)72(3,4)68(60)46-54)52-35-31-47(32-36-52)48-33-41-69-61(43-48)62-44-50(34-42-70(62)75(69)51-21-9-6-10-22-51)73(49-19-7-5-8-20-49)65-29-17-13-25-57(65)58-26-14-18-30-66(58)73/h5-46H,1-4H3. The van der Waals surface area contributed by atoms with E-state index in [4.69, 9.17) is 0 Å². The summed E-state index contributed by atoms with van der Waals surface area (Å²) in [6.45, 7) is 9.49. The summed E-state index contributed by atoms with van der Waals surface area (Å²) in [6.07, 6.45) is 0. The van der Waals surface area contributed by atoms with Crippen LogP contribution in [0.15, 0.2) is 255 Å². The molecular formula is C73H54N2. The quantitative estimate of drug-likeness (QED) is 0.155. The zero-order chi connectivity index (χ0) is 50.2. The number of hydrogen-bond donors (Lipinski definition) is 0. The summed E-state index contributed by atoms with van der Waals surface area (Å²) >= 11 is 0. The summed E-state index contributed by atoms with van der Waals surface area (Å²) in [5.74, 6) is 0. The van der Waals surface area contributed by atoms with Crippen molar-refractivity contribution in [2.45, 2.75) is 43.9 Å². The summed E-state index contributed by atoms with van der Waals surface area (Å²) in [5.41, 5.74) is 27.1. The Morgan fingerprint density at radius 1 is 0.293 bits per heavy atom. The van der Waals surface area contributed by atoms with Crippen LogP contribution in [0.25, 0.3) is 72.0 Å². The van der Waals surface area contributed by atoms with Gasteiger partial charge in [0, 0.05) is 44.4 Å². The van der Waals surface area contributed by atoms with Crippen LogP contribution in [0.1, 0.15) is 72.2 Å². The molecule has 0 aliphatic heterocycles. The van der Waals surface area contributed by atoms with Gasteiger partial charge in [-0.3, -0.25) is 0 Å². The van der Waals surface area contributed by atoms with Crippen molar-refractivity contribution in [1.29, 1.82) is 0 Å². The number of hydrogen-bond acceptors (Lipinski definition) is 1. The van der Waals surface area contributed by atoms with Gasteiger partial charge in [-0.1, -0.05) is 210 Å². The molecule has 0 spiro atoms. The Bertz CT molecular complexity index is 4130. The van der Waals surface area contributed by atoms with Crippen molar-refractivity contribution in [2.75, 3.05) is 4.90 Å². The molecule has 11 aromatic carbocycles. The molecule has 0 atom stereocenters. The lowest BCUT2D eigenvalue weighted by Crippen LogP contribution is -2.28. The number of aromatic nitrogens is 1. The lowest BCUT2D eigenvalue weighted by molar-refractivity contribution is 0.660. The zero-order valence-corrected chi connectivity index (χ0v) is 42.6. The minimum atomic E-state index is -0.500. The van der Waals surface area contributed by atoms with Gasteiger partial charge in [0.05, 0.1) is 16.4 Å². The molecule has 0 radical (unpaired) electrons. The fraction of sp³-hybridized carbons (Fsp3) is 0.0959. The van der Waals surface area contributed by atoms with Gasteiger partial charge in [-0.2, -0.15) is 0 Å². The largest absolute Gasteiger partial charge is 0.310 e. The first kappa shape index (κ1) is 43.6. The Kier molecular flexibility index (Phi) is 9.30. The van der Waals surface area contributed by atoms with Crippen LogP contribution >= 0.6 is 0 Å². The van der Waals surface area contributed by atoms with Crippen LogP contribution in [0.5, 0.6) is 0 Å². The van der Waals surface area contributed by atoms with E-state index in [1.807, 2.05) is 0 Å². The van der Waals surface area contributed by atoms with Crippen LogP contribution < -0.4 is 4.90 Å². The van der Waals surface area contributed by atoms with E-state index in [-0.39, 0.29) is 10.8 Å². The molecule has 1 heterocycles. The van der Waals surface area contributed by atoms with Gasteiger partial charge < -0.3 is 9.47 Å². The van der Waals surface area contributed by atoms with Gasteiger partial charge in [0.2, 0.25) is 0 Å². The third kappa shape index (κ3) is 6.14. The molecule has 3 aliphatic carbocycles. The highest BCUT2D eigenvalue weighted by molar-refractivity contribution is 6.11. The second-order valence-corrected chi connectivity index (χ2v) is 22.0. The number of anilines is 3. The predicted molar refractivity (Wildman–Crippen MR) is 313 cm³/mol. The molecule has 75 heavy (non-hydrogen) atoms. The van der Waals surface area contributed by atoms with Gasteiger partial charge in [0.1, 0.15) is 0 Å². The van der Waals surface area contributed by atoms with Gasteiger partial charge in [0.15, 0.2) is 0 Å². The lowest BCUT2D eigenvalue weighted by atomic mass is 9.67. The third-order valence-electron chi connectivity index (χ3n) is 17.5. The van der Waals surface area contributed by atoms with Crippen LogP contribution in [0.2, 0.25) is 0 Å². The second kappa shape index (κ2) is 16.0. The first-order valence-electron chi connectivity index (χ1n) is 26.5. The molecule has 356 valence electrons. The van der Waals surface area contributed by atoms with Crippen LogP contribution in [-0.4, -0.2) is 4.57 Å². The molecule has 15 rings (SSSR count). The second-order valence-electron chi connectivity index (χ2n) is 22.0. The zero-order valence-electron chi connectivity index (χ0n) is 42.6. The van der Waals surface area contributed by atoms with Crippen molar-refractivity contribution < 1.29 is 0 Å².